The van der Waals surface area contributed by atoms with Crippen molar-refractivity contribution in [2.24, 2.45) is 5.92 Å². The molecule has 2 aromatic rings. The maximum Gasteiger partial charge on any atom is 0.0518 e. The molecule has 1 aliphatic rings. The maximum absolute atomic E-state index is 4.35. The topological polar surface area (TPSA) is 21.1 Å². The van der Waals surface area contributed by atoms with Gasteiger partial charge in [0.25, 0.3) is 0 Å². The molecule has 0 bridgehead atoms. The van der Waals surface area contributed by atoms with Crippen molar-refractivity contribution in [3.8, 4) is 0 Å². The number of rotatable bonds is 4. The number of hydrogen-bond acceptors (Lipinski definition) is 2. The molecule has 1 aliphatic heterocycles. The molecule has 3 rings (SSSR count). The minimum Gasteiger partial charge on any atom is -0.298 e. The Morgan fingerprint density at radius 3 is 2.89 bits per heavy atom. The van der Waals surface area contributed by atoms with Crippen molar-refractivity contribution >= 4 is 15.9 Å². The molecule has 0 radical (unpaired) electrons. The predicted octanol–water partition coefficient (Wildman–Crippen LogP) is 3.09. The minimum absolute atomic E-state index is 0.742. The Balaban J connectivity index is 1.48. The summed E-state index contributed by atoms with van der Waals surface area (Å²) in [4.78, 5) is 2.49. The van der Waals surface area contributed by atoms with Gasteiger partial charge < -0.3 is 0 Å². The number of hydrogen-bond donors (Lipinski definition) is 0. The van der Waals surface area contributed by atoms with Crippen LogP contribution in [0.25, 0.3) is 0 Å². The van der Waals surface area contributed by atoms with Crippen LogP contribution in [0.5, 0.6) is 0 Å². The molecule has 1 aromatic carbocycles. The highest BCUT2D eigenvalue weighted by Crippen LogP contribution is 2.21. The maximum atomic E-state index is 4.35. The van der Waals surface area contributed by atoms with E-state index in [1.807, 2.05) is 6.20 Å². The zero-order valence-corrected chi connectivity index (χ0v) is 12.7. The molecular weight excluding hydrogens is 302 g/mol. The second-order valence-electron chi connectivity index (χ2n) is 5.43. The SMILES string of the molecule is Cc1cnn(CC2CN(Cc3cccc(Br)c3)C2)c1. The molecular formula is C15H18BrN3. The number of likely N-dealkylation sites (tertiary alicyclic amines) is 1. The molecule has 0 N–H and O–H groups in total. The van der Waals surface area contributed by atoms with Crippen LogP contribution < -0.4 is 0 Å². The van der Waals surface area contributed by atoms with Gasteiger partial charge in [-0.3, -0.25) is 9.58 Å². The first kappa shape index (κ1) is 12.9. The highest BCUT2D eigenvalue weighted by Gasteiger charge is 2.26. The molecule has 19 heavy (non-hydrogen) atoms. The second kappa shape index (κ2) is 5.47. The summed E-state index contributed by atoms with van der Waals surface area (Å²) in [5.74, 6) is 0.742. The van der Waals surface area contributed by atoms with E-state index in [1.54, 1.807) is 0 Å². The van der Waals surface area contributed by atoms with E-state index < -0.39 is 0 Å². The second-order valence-corrected chi connectivity index (χ2v) is 6.35. The molecule has 0 amide bonds. The highest BCUT2D eigenvalue weighted by molar-refractivity contribution is 9.10. The fourth-order valence-corrected chi connectivity index (χ4v) is 3.09. The summed E-state index contributed by atoms with van der Waals surface area (Å²) in [5.41, 5.74) is 2.62. The molecule has 0 atom stereocenters. The Hall–Kier alpha value is -1.13. The molecule has 3 nitrogen and oxygen atoms in total. The smallest absolute Gasteiger partial charge is 0.0518 e. The largest absolute Gasteiger partial charge is 0.298 e. The number of aryl methyl sites for hydroxylation is 1. The van der Waals surface area contributed by atoms with Crippen LogP contribution >= 0.6 is 15.9 Å². The third kappa shape index (κ3) is 3.25. The standard InChI is InChI=1S/C15H18BrN3/c1-12-6-17-19(7-12)11-14-9-18(10-14)8-13-3-2-4-15(16)5-13/h2-7,14H,8-11H2,1H3. The van der Waals surface area contributed by atoms with E-state index in [4.69, 9.17) is 0 Å². The normalized spacial score (nSPS) is 16.5. The number of benzene rings is 1. The predicted molar refractivity (Wildman–Crippen MR) is 79.9 cm³/mol. The van der Waals surface area contributed by atoms with E-state index in [-0.39, 0.29) is 0 Å². The van der Waals surface area contributed by atoms with Crippen LogP contribution in [0.15, 0.2) is 41.1 Å². The molecule has 1 fully saturated rings. The van der Waals surface area contributed by atoms with Gasteiger partial charge in [-0.1, -0.05) is 28.1 Å². The Bertz CT molecular complexity index is 558. The zero-order chi connectivity index (χ0) is 13.2. The Morgan fingerprint density at radius 2 is 2.21 bits per heavy atom. The van der Waals surface area contributed by atoms with E-state index in [2.05, 4.69) is 68.0 Å². The van der Waals surface area contributed by atoms with E-state index in [0.717, 1.165) is 23.5 Å². The molecule has 1 saturated heterocycles. The summed E-state index contributed by atoms with van der Waals surface area (Å²) in [5, 5.41) is 4.35. The van der Waals surface area contributed by atoms with Crippen LogP contribution in [0.3, 0.4) is 0 Å². The Morgan fingerprint density at radius 1 is 1.37 bits per heavy atom. The van der Waals surface area contributed by atoms with Crippen molar-refractivity contribution in [2.45, 2.75) is 20.0 Å². The van der Waals surface area contributed by atoms with Crippen molar-refractivity contribution in [1.82, 2.24) is 14.7 Å². The van der Waals surface area contributed by atoms with E-state index in [0.29, 0.717) is 0 Å². The van der Waals surface area contributed by atoms with Gasteiger partial charge in [0.2, 0.25) is 0 Å². The summed E-state index contributed by atoms with van der Waals surface area (Å²) in [6, 6.07) is 8.56. The average molecular weight is 320 g/mol. The number of halogens is 1. The summed E-state index contributed by atoms with van der Waals surface area (Å²) in [7, 11) is 0. The van der Waals surface area contributed by atoms with Crippen molar-refractivity contribution < 1.29 is 0 Å². The molecule has 0 saturated carbocycles. The third-order valence-corrected chi connectivity index (χ3v) is 4.03. The van der Waals surface area contributed by atoms with Gasteiger partial charge in [0.15, 0.2) is 0 Å². The first-order valence-corrected chi connectivity index (χ1v) is 7.44. The monoisotopic (exact) mass is 319 g/mol. The fraction of sp³-hybridized carbons (Fsp3) is 0.400. The first-order valence-electron chi connectivity index (χ1n) is 6.65. The van der Waals surface area contributed by atoms with Crippen LogP contribution in [0.4, 0.5) is 0 Å². The molecule has 0 spiro atoms. The van der Waals surface area contributed by atoms with Gasteiger partial charge in [-0.25, -0.2) is 0 Å². The van der Waals surface area contributed by atoms with Gasteiger partial charge in [0.05, 0.1) is 6.20 Å². The minimum atomic E-state index is 0.742. The van der Waals surface area contributed by atoms with Crippen molar-refractivity contribution in [3.05, 3.63) is 52.3 Å². The zero-order valence-electron chi connectivity index (χ0n) is 11.1. The Labute approximate surface area is 122 Å². The van der Waals surface area contributed by atoms with Gasteiger partial charge in [0.1, 0.15) is 0 Å². The van der Waals surface area contributed by atoms with Crippen LogP contribution in [0.2, 0.25) is 0 Å². The van der Waals surface area contributed by atoms with E-state index >= 15 is 0 Å². The summed E-state index contributed by atoms with van der Waals surface area (Å²) in [6.07, 6.45) is 4.05. The molecule has 1 aromatic heterocycles. The lowest BCUT2D eigenvalue weighted by Crippen LogP contribution is -2.47. The van der Waals surface area contributed by atoms with Crippen molar-refractivity contribution in [3.63, 3.8) is 0 Å². The summed E-state index contributed by atoms with van der Waals surface area (Å²) in [6.45, 7) is 6.53. The van der Waals surface area contributed by atoms with Crippen LogP contribution in [-0.2, 0) is 13.1 Å². The van der Waals surface area contributed by atoms with Gasteiger partial charge >= 0.3 is 0 Å². The van der Waals surface area contributed by atoms with Gasteiger partial charge in [0, 0.05) is 42.8 Å². The van der Waals surface area contributed by atoms with Crippen molar-refractivity contribution in [2.75, 3.05) is 13.1 Å². The molecule has 0 aliphatic carbocycles. The quantitative estimate of drug-likeness (QED) is 0.863. The van der Waals surface area contributed by atoms with E-state index in [9.17, 15) is 0 Å². The van der Waals surface area contributed by atoms with E-state index in [1.165, 1.54) is 24.2 Å². The van der Waals surface area contributed by atoms with Gasteiger partial charge in [-0.15, -0.1) is 0 Å². The van der Waals surface area contributed by atoms with Crippen LogP contribution in [0.1, 0.15) is 11.1 Å². The first-order chi connectivity index (χ1) is 9.19. The molecule has 100 valence electrons. The lowest BCUT2D eigenvalue weighted by atomic mass is 9.99. The lowest BCUT2D eigenvalue weighted by molar-refractivity contribution is 0.0777. The molecule has 4 heteroatoms. The average Bonchev–Trinajstić information content (AvgIpc) is 2.72. The lowest BCUT2D eigenvalue weighted by Gasteiger charge is -2.39. The van der Waals surface area contributed by atoms with Crippen LogP contribution in [-0.4, -0.2) is 27.8 Å². The Kier molecular flexibility index (Phi) is 3.71. The molecule has 0 unspecified atom stereocenters. The van der Waals surface area contributed by atoms with Crippen LogP contribution in [0, 0.1) is 12.8 Å². The fourth-order valence-electron chi connectivity index (χ4n) is 2.65. The third-order valence-electron chi connectivity index (χ3n) is 3.54. The summed E-state index contributed by atoms with van der Waals surface area (Å²) >= 11 is 3.52. The number of nitrogens with zero attached hydrogens (tertiary/aromatic N) is 3. The summed E-state index contributed by atoms with van der Waals surface area (Å²) < 4.78 is 3.23. The highest BCUT2D eigenvalue weighted by atomic mass is 79.9. The molecule has 2 heterocycles. The number of aromatic nitrogens is 2. The van der Waals surface area contributed by atoms with Gasteiger partial charge in [-0.05, 0) is 30.2 Å². The van der Waals surface area contributed by atoms with Gasteiger partial charge in [-0.2, -0.15) is 5.10 Å². The van der Waals surface area contributed by atoms with Crippen molar-refractivity contribution in [1.29, 1.82) is 0 Å².